The Morgan fingerprint density at radius 1 is 1.19 bits per heavy atom. The van der Waals surface area contributed by atoms with Crippen LogP contribution in [-0.4, -0.2) is 12.0 Å². The van der Waals surface area contributed by atoms with Crippen molar-refractivity contribution in [3.63, 3.8) is 0 Å². The highest BCUT2D eigenvalue weighted by molar-refractivity contribution is 5.80. The van der Waals surface area contributed by atoms with Crippen LogP contribution in [0, 0.1) is 12.7 Å². The molecule has 2 aromatic carbocycles. The van der Waals surface area contributed by atoms with E-state index in [-0.39, 0.29) is 11.7 Å². The molecule has 1 amide bonds. The summed E-state index contributed by atoms with van der Waals surface area (Å²) in [6.07, 6.45) is -0.639. The van der Waals surface area contributed by atoms with Crippen LogP contribution < -0.4 is 10.1 Å². The van der Waals surface area contributed by atoms with Gasteiger partial charge < -0.3 is 10.1 Å². The third-order valence-corrected chi connectivity index (χ3v) is 3.21. The molecule has 0 bridgehead atoms. The lowest BCUT2D eigenvalue weighted by Gasteiger charge is -2.15. The number of carbonyl (C=O) groups is 1. The van der Waals surface area contributed by atoms with Gasteiger partial charge in [0.2, 0.25) is 0 Å². The number of carbonyl (C=O) groups excluding carboxylic acids is 1. The second-order valence-electron chi connectivity index (χ2n) is 4.86. The van der Waals surface area contributed by atoms with Gasteiger partial charge in [-0.05, 0) is 49.2 Å². The molecule has 0 radical (unpaired) electrons. The number of hydrogen-bond acceptors (Lipinski definition) is 2. The number of rotatable bonds is 5. The minimum absolute atomic E-state index is 0.206. The zero-order valence-electron chi connectivity index (χ0n) is 12.1. The maximum absolute atomic E-state index is 12.8. The van der Waals surface area contributed by atoms with E-state index in [2.05, 4.69) is 5.32 Å². The smallest absolute Gasteiger partial charge is 0.261 e. The Bertz CT molecular complexity index is 610. The van der Waals surface area contributed by atoms with E-state index in [1.807, 2.05) is 31.2 Å². The number of aryl methyl sites for hydroxylation is 1. The van der Waals surface area contributed by atoms with Gasteiger partial charge in [-0.15, -0.1) is 0 Å². The molecule has 1 N–H and O–H groups in total. The number of halogens is 1. The first-order chi connectivity index (χ1) is 10.1. The number of ether oxygens (including phenoxy) is 1. The van der Waals surface area contributed by atoms with Gasteiger partial charge >= 0.3 is 0 Å². The van der Waals surface area contributed by atoms with Crippen molar-refractivity contribution in [1.82, 2.24) is 5.32 Å². The number of hydrogen-bond donors (Lipinski definition) is 1. The van der Waals surface area contributed by atoms with Crippen molar-refractivity contribution in [2.24, 2.45) is 0 Å². The average Bonchev–Trinajstić information content (AvgIpc) is 2.48. The van der Waals surface area contributed by atoms with Gasteiger partial charge in [-0.25, -0.2) is 4.39 Å². The normalized spacial score (nSPS) is 11.8. The molecule has 0 aliphatic rings. The van der Waals surface area contributed by atoms with E-state index >= 15 is 0 Å². The summed E-state index contributed by atoms with van der Waals surface area (Å²) in [6.45, 7) is 4.12. The molecular weight excluding hydrogens is 269 g/mol. The summed E-state index contributed by atoms with van der Waals surface area (Å²) in [5.41, 5.74) is 2.20. The Morgan fingerprint density at radius 2 is 1.86 bits per heavy atom. The van der Waals surface area contributed by atoms with Crippen molar-refractivity contribution in [3.05, 3.63) is 65.5 Å². The van der Waals surface area contributed by atoms with Crippen molar-refractivity contribution in [3.8, 4) is 5.75 Å². The van der Waals surface area contributed by atoms with Crippen molar-refractivity contribution in [2.45, 2.75) is 26.5 Å². The largest absolute Gasteiger partial charge is 0.481 e. The monoisotopic (exact) mass is 287 g/mol. The topological polar surface area (TPSA) is 38.3 Å². The Morgan fingerprint density at radius 3 is 2.52 bits per heavy atom. The first-order valence-corrected chi connectivity index (χ1v) is 6.80. The maximum atomic E-state index is 12.8. The molecule has 0 aliphatic carbocycles. The van der Waals surface area contributed by atoms with Gasteiger partial charge in [-0.3, -0.25) is 4.79 Å². The third-order valence-electron chi connectivity index (χ3n) is 3.21. The molecular formula is C17H18FNO2. The second kappa shape index (κ2) is 6.88. The first kappa shape index (κ1) is 15.0. The zero-order chi connectivity index (χ0) is 15.2. The lowest BCUT2D eigenvalue weighted by Crippen LogP contribution is -2.36. The van der Waals surface area contributed by atoms with E-state index in [4.69, 9.17) is 4.74 Å². The molecule has 110 valence electrons. The molecule has 0 heterocycles. The molecule has 0 saturated heterocycles. The summed E-state index contributed by atoms with van der Waals surface area (Å²) >= 11 is 0. The summed E-state index contributed by atoms with van der Waals surface area (Å²) in [5.74, 6) is -0.0727. The summed E-state index contributed by atoms with van der Waals surface area (Å²) < 4.78 is 18.3. The minimum atomic E-state index is -0.639. The van der Waals surface area contributed by atoms with Crippen molar-refractivity contribution in [2.75, 3.05) is 0 Å². The minimum Gasteiger partial charge on any atom is -0.481 e. The third kappa shape index (κ3) is 4.31. The van der Waals surface area contributed by atoms with Gasteiger partial charge in [0.15, 0.2) is 6.10 Å². The van der Waals surface area contributed by atoms with Crippen molar-refractivity contribution in [1.29, 1.82) is 0 Å². The van der Waals surface area contributed by atoms with Crippen molar-refractivity contribution >= 4 is 5.91 Å². The van der Waals surface area contributed by atoms with Crippen LogP contribution in [0.3, 0.4) is 0 Å². The van der Waals surface area contributed by atoms with Crippen LogP contribution in [0.4, 0.5) is 4.39 Å². The zero-order valence-corrected chi connectivity index (χ0v) is 12.1. The summed E-state index contributed by atoms with van der Waals surface area (Å²) in [5, 5.41) is 2.83. The predicted octanol–water partition coefficient (Wildman–Crippen LogP) is 3.22. The van der Waals surface area contributed by atoms with Gasteiger partial charge in [0.25, 0.3) is 5.91 Å². The molecule has 0 spiro atoms. The van der Waals surface area contributed by atoms with Gasteiger partial charge in [0, 0.05) is 6.54 Å². The van der Waals surface area contributed by atoms with Crippen LogP contribution in [0.15, 0.2) is 48.5 Å². The SMILES string of the molecule is Cc1ccccc1CNC(=O)[C@@H](C)Oc1ccc(F)cc1. The number of benzene rings is 2. The van der Waals surface area contributed by atoms with Crippen LogP contribution in [0.1, 0.15) is 18.1 Å². The van der Waals surface area contributed by atoms with E-state index < -0.39 is 6.10 Å². The molecule has 2 aromatic rings. The Balaban J connectivity index is 1.88. The molecule has 1 atom stereocenters. The first-order valence-electron chi connectivity index (χ1n) is 6.80. The molecule has 0 fully saturated rings. The number of amides is 1. The van der Waals surface area contributed by atoms with Crippen LogP contribution in [-0.2, 0) is 11.3 Å². The van der Waals surface area contributed by atoms with Gasteiger partial charge in [-0.2, -0.15) is 0 Å². The lowest BCUT2D eigenvalue weighted by atomic mass is 10.1. The van der Waals surface area contributed by atoms with Gasteiger partial charge in [-0.1, -0.05) is 24.3 Å². The highest BCUT2D eigenvalue weighted by atomic mass is 19.1. The predicted molar refractivity (Wildman–Crippen MR) is 79.5 cm³/mol. The Hall–Kier alpha value is -2.36. The molecule has 3 nitrogen and oxygen atoms in total. The molecule has 2 rings (SSSR count). The fourth-order valence-electron chi connectivity index (χ4n) is 1.91. The van der Waals surface area contributed by atoms with E-state index in [1.165, 1.54) is 24.3 Å². The summed E-state index contributed by atoms with van der Waals surface area (Å²) in [4.78, 5) is 12.0. The Kier molecular flexibility index (Phi) is 4.93. The molecule has 0 saturated carbocycles. The van der Waals surface area contributed by atoms with Crippen LogP contribution >= 0.6 is 0 Å². The quantitative estimate of drug-likeness (QED) is 0.917. The Labute approximate surface area is 123 Å². The summed E-state index contributed by atoms with van der Waals surface area (Å²) in [6, 6.07) is 13.5. The van der Waals surface area contributed by atoms with Crippen molar-refractivity contribution < 1.29 is 13.9 Å². The van der Waals surface area contributed by atoms with E-state index in [9.17, 15) is 9.18 Å². The van der Waals surface area contributed by atoms with E-state index in [0.717, 1.165) is 11.1 Å². The van der Waals surface area contributed by atoms with E-state index in [1.54, 1.807) is 6.92 Å². The van der Waals surface area contributed by atoms with Crippen LogP contribution in [0.2, 0.25) is 0 Å². The molecule has 0 unspecified atom stereocenters. The fourth-order valence-corrected chi connectivity index (χ4v) is 1.91. The molecule has 0 aromatic heterocycles. The van der Waals surface area contributed by atoms with Crippen LogP contribution in [0.25, 0.3) is 0 Å². The molecule has 4 heteroatoms. The number of nitrogens with one attached hydrogen (secondary N) is 1. The standard InChI is InChI=1S/C17H18FNO2/c1-12-5-3-4-6-14(12)11-19-17(20)13(2)21-16-9-7-15(18)8-10-16/h3-10,13H,11H2,1-2H3,(H,19,20)/t13-/m1/s1. The average molecular weight is 287 g/mol. The van der Waals surface area contributed by atoms with E-state index in [0.29, 0.717) is 12.3 Å². The van der Waals surface area contributed by atoms with Crippen LogP contribution in [0.5, 0.6) is 5.75 Å². The second-order valence-corrected chi connectivity index (χ2v) is 4.86. The fraction of sp³-hybridized carbons (Fsp3) is 0.235. The summed E-state index contributed by atoms with van der Waals surface area (Å²) in [7, 11) is 0. The molecule has 0 aliphatic heterocycles. The van der Waals surface area contributed by atoms with Gasteiger partial charge in [0.05, 0.1) is 0 Å². The molecule has 21 heavy (non-hydrogen) atoms. The van der Waals surface area contributed by atoms with Gasteiger partial charge in [0.1, 0.15) is 11.6 Å². The highest BCUT2D eigenvalue weighted by Crippen LogP contribution is 2.13. The highest BCUT2D eigenvalue weighted by Gasteiger charge is 2.14. The maximum Gasteiger partial charge on any atom is 0.261 e. The lowest BCUT2D eigenvalue weighted by molar-refractivity contribution is -0.127.